The number of hydrogen-bond donors (Lipinski definition) is 0. The van der Waals surface area contributed by atoms with Gasteiger partial charge in [-0.05, 0) is 25.1 Å². The molecule has 0 N–H and O–H groups in total. The first-order valence-corrected chi connectivity index (χ1v) is 9.69. The number of carbonyl (C=O) groups excluding carboxylic acids is 2. The van der Waals surface area contributed by atoms with Crippen LogP contribution in [0.2, 0.25) is 0 Å². The topological polar surface area (TPSA) is 75.6 Å². The molecule has 7 nitrogen and oxygen atoms in total. The van der Waals surface area contributed by atoms with Crippen molar-refractivity contribution in [1.29, 1.82) is 0 Å². The van der Waals surface area contributed by atoms with Gasteiger partial charge in [0.15, 0.2) is 6.61 Å². The van der Waals surface area contributed by atoms with E-state index in [1.165, 1.54) is 11.8 Å². The summed E-state index contributed by atoms with van der Waals surface area (Å²) in [5.74, 6) is 0.116. The van der Waals surface area contributed by atoms with Crippen molar-refractivity contribution >= 4 is 29.6 Å². The van der Waals surface area contributed by atoms with Gasteiger partial charge >= 0.3 is 5.97 Å². The smallest absolute Gasteiger partial charge is 0.319 e. The monoisotopic (exact) mass is 386 g/mol. The molecule has 1 saturated heterocycles. The van der Waals surface area contributed by atoms with Crippen molar-refractivity contribution in [3.8, 4) is 0 Å². The fraction of sp³-hybridized carbons (Fsp3) is 0.368. The van der Waals surface area contributed by atoms with Gasteiger partial charge in [0.2, 0.25) is 5.95 Å². The molecule has 0 aliphatic carbocycles. The number of ether oxygens (including phenoxy) is 1. The molecule has 1 amide bonds. The van der Waals surface area contributed by atoms with Crippen molar-refractivity contribution in [2.45, 2.75) is 17.1 Å². The molecular weight excluding hydrogens is 364 g/mol. The van der Waals surface area contributed by atoms with Gasteiger partial charge in [-0.3, -0.25) is 9.59 Å². The molecule has 1 aromatic carbocycles. The minimum atomic E-state index is -0.381. The fourth-order valence-corrected chi connectivity index (χ4v) is 3.59. The number of benzene rings is 1. The fourth-order valence-electron chi connectivity index (χ4n) is 2.70. The molecule has 1 aliphatic heterocycles. The van der Waals surface area contributed by atoms with E-state index in [1.54, 1.807) is 30.3 Å². The van der Waals surface area contributed by atoms with Crippen LogP contribution in [0.5, 0.6) is 0 Å². The SMILES string of the molecule is C[C@H](Sc1ccccc1)C(=O)OCC(=O)N1CCN(c2ncccn2)CC1. The van der Waals surface area contributed by atoms with E-state index in [2.05, 4.69) is 9.97 Å². The molecule has 0 saturated carbocycles. The van der Waals surface area contributed by atoms with Crippen LogP contribution in [0.3, 0.4) is 0 Å². The number of piperazine rings is 1. The third-order valence-corrected chi connectivity index (χ3v) is 5.28. The lowest BCUT2D eigenvalue weighted by Crippen LogP contribution is -2.50. The summed E-state index contributed by atoms with van der Waals surface area (Å²) < 4.78 is 5.21. The Kier molecular flexibility index (Phi) is 6.64. The highest BCUT2D eigenvalue weighted by Gasteiger charge is 2.24. The Morgan fingerprint density at radius 2 is 1.74 bits per heavy atom. The van der Waals surface area contributed by atoms with Crippen molar-refractivity contribution in [3.63, 3.8) is 0 Å². The summed E-state index contributed by atoms with van der Waals surface area (Å²) in [5.41, 5.74) is 0. The molecule has 27 heavy (non-hydrogen) atoms. The van der Waals surface area contributed by atoms with Gasteiger partial charge in [0.05, 0.1) is 0 Å². The van der Waals surface area contributed by atoms with E-state index >= 15 is 0 Å². The summed E-state index contributed by atoms with van der Waals surface area (Å²) in [5, 5.41) is -0.368. The first-order valence-electron chi connectivity index (χ1n) is 8.81. The molecule has 1 fully saturated rings. The minimum Gasteiger partial charge on any atom is -0.455 e. The van der Waals surface area contributed by atoms with E-state index < -0.39 is 0 Å². The molecule has 1 aliphatic rings. The van der Waals surface area contributed by atoms with Gasteiger partial charge in [-0.25, -0.2) is 9.97 Å². The van der Waals surface area contributed by atoms with Gasteiger partial charge in [0.25, 0.3) is 5.91 Å². The Morgan fingerprint density at radius 1 is 1.07 bits per heavy atom. The van der Waals surface area contributed by atoms with Gasteiger partial charge in [0, 0.05) is 43.5 Å². The summed E-state index contributed by atoms with van der Waals surface area (Å²) >= 11 is 1.42. The van der Waals surface area contributed by atoms with Crippen LogP contribution in [0.15, 0.2) is 53.7 Å². The first-order chi connectivity index (χ1) is 13.1. The van der Waals surface area contributed by atoms with Gasteiger partial charge in [0.1, 0.15) is 5.25 Å². The standard InChI is InChI=1S/C19H22N4O3S/c1-15(27-16-6-3-2-4-7-16)18(25)26-14-17(24)22-10-12-23(13-11-22)19-20-8-5-9-21-19/h2-9,15H,10-14H2,1H3/t15-/m0/s1. The quantitative estimate of drug-likeness (QED) is 0.554. The zero-order valence-corrected chi connectivity index (χ0v) is 16.0. The average Bonchev–Trinajstić information content (AvgIpc) is 2.73. The van der Waals surface area contributed by atoms with Crippen molar-refractivity contribution in [3.05, 3.63) is 48.8 Å². The lowest BCUT2D eigenvalue weighted by molar-refractivity contribution is -0.151. The highest BCUT2D eigenvalue weighted by Crippen LogP contribution is 2.23. The molecule has 142 valence electrons. The normalized spacial score (nSPS) is 15.3. The number of carbonyl (C=O) groups is 2. The molecule has 8 heteroatoms. The Hall–Kier alpha value is -2.61. The van der Waals surface area contributed by atoms with Crippen molar-refractivity contribution in [2.24, 2.45) is 0 Å². The van der Waals surface area contributed by atoms with E-state index in [-0.39, 0.29) is 23.7 Å². The van der Waals surface area contributed by atoms with Crippen LogP contribution in [0.25, 0.3) is 0 Å². The maximum Gasteiger partial charge on any atom is 0.319 e. The van der Waals surface area contributed by atoms with Crippen LogP contribution in [0.4, 0.5) is 5.95 Å². The predicted octanol–water partition coefficient (Wildman–Crippen LogP) is 1.85. The number of amides is 1. The molecule has 2 aromatic rings. The van der Waals surface area contributed by atoms with Crippen molar-refractivity contribution in [1.82, 2.24) is 14.9 Å². The maximum atomic E-state index is 12.3. The Balaban J connectivity index is 1.41. The number of aromatic nitrogens is 2. The van der Waals surface area contributed by atoms with Gasteiger partial charge in [-0.1, -0.05) is 18.2 Å². The molecule has 1 aromatic heterocycles. The first kappa shape index (κ1) is 19.2. The highest BCUT2D eigenvalue weighted by molar-refractivity contribution is 8.00. The number of esters is 1. The summed E-state index contributed by atoms with van der Waals surface area (Å²) in [4.78, 5) is 37.6. The zero-order valence-electron chi connectivity index (χ0n) is 15.2. The number of anilines is 1. The van der Waals surface area contributed by atoms with Crippen LogP contribution in [-0.2, 0) is 14.3 Å². The number of thioether (sulfide) groups is 1. The summed E-state index contributed by atoms with van der Waals surface area (Å²) in [6.45, 7) is 3.99. The number of nitrogens with zero attached hydrogens (tertiary/aromatic N) is 4. The second-order valence-corrected chi connectivity index (χ2v) is 7.51. The predicted molar refractivity (Wildman–Crippen MR) is 104 cm³/mol. The van der Waals surface area contributed by atoms with Crippen LogP contribution >= 0.6 is 11.8 Å². The highest BCUT2D eigenvalue weighted by atomic mass is 32.2. The molecule has 1 atom stereocenters. The van der Waals surface area contributed by atoms with E-state index in [0.717, 1.165) is 4.90 Å². The summed E-state index contributed by atoms with van der Waals surface area (Å²) in [7, 11) is 0. The zero-order chi connectivity index (χ0) is 19.1. The maximum absolute atomic E-state index is 12.3. The third kappa shape index (κ3) is 5.43. The minimum absolute atomic E-state index is 0.172. The van der Waals surface area contributed by atoms with E-state index in [1.807, 2.05) is 35.2 Å². The summed E-state index contributed by atoms with van der Waals surface area (Å²) in [6, 6.07) is 11.4. The molecule has 2 heterocycles. The molecule has 0 radical (unpaired) electrons. The number of rotatable bonds is 6. The molecule has 3 rings (SSSR count). The van der Waals surface area contributed by atoms with Gasteiger partial charge < -0.3 is 14.5 Å². The Morgan fingerprint density at radius 3 is 2.41 bits per heavy atom. The van der Waals surface area contributed by atoms with Crippen molar-refractivity contribution < 1.29 is 14.3 Å². The average molecular weight is 386 g/mol. The molecule has 0 spiro atoms. The second kappa shape index (κ2) is 9.36. The number of hydrogen-bond acceptors (Lipinski definition) is 7. The van der Waals surface area contributed by atoms with Crippen LogP contribution < -0.4 is 4.90 Å². The van der Waals surface area contributed by atoms with Gasteiger partial charge in [-0.2, -0.15) is 0 Å². The van der Waals surface area contributed by atoms with Crippen LogP contribution in [0, 0.1) is 0 Å². The Bertz CT molecular complexity index is 752. The van der Waals surface area contributed by atoms with Crippen LogP contribution in [-0.4, -0.2) is 64.8 Å². The van der Waals surface area contributed by atoms with E-state index in [4.69, 9.17) is 4.74 Å². The second-order valence-electron chi connectivity index (χ2n) is 6.10. The Labute approximate surface area is 162 Å². The van der Waals surface area contributed by atoms with Crippen molar-refractivity contribution in [2.75, 3.05) is 37.7 Å². The lowest BCUT2D eigenvalue weighted by atomic mass is 10.3. The van der Waals surface area contributed by atoms with Gasteiger partial charge in [-0.15, -0.1) is 11.8 Å². The third-order valence-electron chi connectivity index (χ3n) is 4.19. The molecule has 0 bridgehead atoms. The molecular formula is C19H22N4O3S. The van der Waals surface area contributed by atoms with E-state index in [0.29, 0.717) is 32.1 Å². The largest absolute Gasteiger partial charge is 0.455 e. The van der Waals surface area contributed by atoms with Crippen LogP contribution in [0.1, 0.15) is 6.92 Å². The lowest BCUT2D eigenvalue weighted by Gasteiger charge is -2.34. The molecule has 0 unspecified atom stereocenters. The summed E-state index contributed by atoms with van der Waals surface area (Å²) in [6.07, 6.45) is 3.40. The van der Waals surface area contributed by atoms with E-state index in [9.17, 15) is 9.59 Å².